The number of hydrogen-bond donors (Lipinski definition) is 1. The van der Waals surface area contributed by atoms with E-state index in [4.69, 9.17) is 4.74 Å². The van der Waals surface area contributed by atoms with Gasteiger partial charge in [0.1, 0.15) is 11.4 Å². The predicted octanol–water partition coefficient (Wildman–Crippen LogP) is 3.74. The van der Waals surface area contributed by atoms with Crippen LogP contribution in [0.1, 0.15) is 22.3 Å². The number of ether oxygens (including phenoxy) is 1. The summed E-state index contributed by atoms with van der Waals surface area (Å²) in [6.07, 6.45) is 0. The largest absolute Gasteiger partial charge is 0.462 e. The summed E-state index contributed by atoms with van der Waals surface area (Å²) in [5.74, 6) is -0.721. The second-order valence-electron chi connectivity index (χ2n) is 6.73. The van der Waals surface area contributed by atoms with Crippen LogP contribution in [0.4, 0.5) is 5.69 Å². The number of benzene rings is 2. The fraction of sp³-hybridized carbons (Fsp3) is 0.182. The highest BCUT2D eigenvalue weighted by Crippen LogP contribution is 2.28. The number of anilines is 1. The lowest BCUT2D eigenvalue weighted by molar-refractivity contribution is -0.117. The monoisotopic (exact) mass is 421 g/mol. The van der Waals surface area contributed by atoms with Gasteiger partial charge in [0, 0.05) is 15.8 Å². The summed E-state index contributed by atoms with van der Waals surface area (Å²) in [6, 6.07) is 14.3. The van der Waals surface area contributed by atoms with E-state index in [1.54, 1.807) is 37.3 Å². The molecule has 0 atom stereocenters. The molecule has 0 unspecified atom stereocenters. The van der Waals surface area contributed by atoms with Crippen LogP contribution in [0, 0.1) is 6.92 Å². The number of aromatic nitrogens is 2. The van der Waals surface area contributed by atoms with Gasteiger partial charge in [-0.3, -0.25) is 9.59 Å². The van der Waals surface area contributed by atoms with Crippen LogP contribution >= 0.6 is 11.3 Å². The van der Waals surface area contributed by atoms with E-state index >= 15 is 0 Å². The molecule has 0 fully saturated rings. The van der Waals surface area contributed by atoms with Crippen molar-refractivity contribution >= 4 is 49.8 Å². The van der Waals surface area contributed by atoms with Gasteiger partial charge in [-0.25, -0.2) is 9.48 Å². The lowest BCUT2D eigenvalue weighted by Crippen LogP contribution is -2.30. The molecule has 0 aliphatic rings. The molecule has 0 aliphatic heterocycles. The summed E-state index contributed by atoms with van der Waals surface area (Å²) < 4.78 is 7.12. The fourth-order valence-corrected chi connectivity index (χ4v) is 4.21. The van der Waals surface area contributed by atoms with E-state index in [0.717, 1.165) is 15.5 Å². The lowest BCUT2D eigenvalue weighted by Gasteiger charge is -2.09. The van der Waals surface area contributed by atoms with Gasteiger partial charge in [-0.15, -0.1) is 11.3 Å². The van der Waals surface area contributed by atoms with E-state index in [2.05, 4.69) is 10.4 Å². The molecule has 2 aromatic carbocycles. The van der Waals surface area contributed by atoms with Crippen LogP contribution in [0.2, 0.25) is 0 Å². The Morgan fingerprint density at radius 1 is 1.13 bits per heavy atom. The Labute approximate surface area is 175 Å². The van der Waals surface area contributed by atoms with Crippen molar-refractivity contribution in [3.63, 3.8) is 0 Å². The number of fused-ring (bicyclic) bond motifs is 2. The maximum atomic E-state index is 12.6. The topological polar surface area (TPSA) is 90.3 Å². The first-order chi connectivity index (χ1) is 14.5. The summed E-state index contributed by atoms with van der Waals surface area (Å²) in [7, 11) is 0. The third-order valence-electron chi connectivity index (χ3n) is 4.62. The summed E-state index contributed by atoms with van der Waals surface area (Å²) in [5, 5.41) is 9.20. The van der Waals surface area contributed by atoms with Crippen molar-refractivity contribution in [2.24, 2.45) is 0 Å². The quantitative estimate of drug-likeness (QED) is 0.496. The van der Waals surface area contributed by atoms with E-state index in [-0.39, 0.29) is 24.0 Å². The zero-order valence-electron chi connectivity index (χ0n) is 16.5. The first kappa shape index (κ1) is 19.8. The van der Waals surface area contributed by atoms with Gasteiger partial charge in [-0.05, 0) is 49.6 Å². The molecule has 30 heavy (non-hydrogen) atoms. The Kier molecular flexibility index (Phi) is 5.33. The summed E-state index contributed by atoms with van der Waals surface area (Å²) in [4.78, 5) is 37.6. The van der Waals surface area contributed by atoms with E-state index in [9.17, 15) is 14.4 Å². The Balaban J connectivity index is 1.55. The zero-order valence-corrected chi connectivity index (χ0v) is 17.3. The van der Waals surface area contributed by atoms with E-state index < -0.39 is 0 Å². The van der Waals surface area contributed by atoms with Gasteiger partial charge in [-0.2, -0.15) is 5.10 Å². The summed E-state index contributed by atoms with van der Waals surface area (Å²) in [5.41, 5.74) is 0.953. The number of nitrogens with one attached hydrogen (secondary N) is 1. The molecule has 7 nitrogen and oxygen atoms in total. The maximum Gasteiger partial charge on any atom is 0.348 e. The number of thiophene rings is 1. The van der Waals surface area contributed by atoms with Crippen LogP contribution in [-0.2, 0) is 16.1 Å². The highest BCUT2D eigenvalue weighted by atomic mass is 32.1. The molecule has 0 spiro atoms. The van der Waals surface area contributed by atoms with Crippen LogP contribution in [0.25, 0.3) is 20.9 Å². The first-order valence-electron chi connectivity index (χ1n) is 9.43. The van der Waals surface area contributed by atoms with Crippen molar-refractivity contribution < 1.29 is 14.3 Å². The van der Waals surface area contributed by atoms with Gasteiger partial charge >= 0.3 is 5.97 Å². The van der Waals surface area contributed by atoms with Crippen molar-refractivity contribution in [1.82, 2.24) is 9.78 Å². The van der Waals surface area contributed by atoms with Gasteiger partial charge in [0.15, 0.2) is 0 Å². The molecular formula is C22H19N3O4S. The van der Waals surface area contributed by atoms with E-state index in [1.165, 1.54) is 16.0 Å². The molecule has 2 heterocycles. The molecule has 2 aromatic heterocycles. The third kappa shape index (κ3) is 3.81. The fourth-order valence-electron chi connectivity index (χ4n) is 3.27. The first-order valence-corrected chi connectivity index (χ1v) is 10.2. The number of esters is 1. The van der Waals surface area contributed by atoms with Gasteiger partial charge in [-0.1, -0.05) is 18.2 Å². The molecule has 0 radical (unpaired) electrons. The van der Waals surface area contributed by atoms with Crippen molar-refractivity contribution in [1.29, 1.82) is 0 Å². The Bertz CT molecular complexity index is 1340. The molecule has 4 aromatic rings. The number of rotatable bonds is 5. The Morgan fingerprint density at radius 2 is 1.90 bits per heavy atom. The molecule has 0 saturated heterocycles. The SMILES string of the molecule is CCOC(=O)c1cc2cc(NC(=O)Cn3nc(C)c4ccccc4c3=O)ccc2s1. The highest BCUT2D eigenvalue weighted by molar-refractivity contribution is 7.20. The summed E-state index contributed by atoms with van der Waals surface area (Å²) in [6.45, 7) is 3.69. The third-order valence-corrected chi connectivity index (χ3v) is 5.72. The van der Waals surface area contributed by atoms with Gasteiger partial charge in [0.05, 0.1) is 17.7 Å². The average Bonchev–Trinajstić information content (AvgIpc) is 3.15. The average molecular weight is 421 g/mol. The Hall–Kier alpha value is -3.52. The second-order valence-corrected chi connectivity index (χ2v) is 7.81. The molecule has 0 saturated carbocycles. The van der Waals surface area contributed by atoms with Crippen LogP contribution in [0.15, 0.2) is 53.3 Å². The smallest absolute Gasteiger partial charge is 0.348 e. The standard InChI is InChI=1S/C22H19N3O4S/c1-3-29-22(28)19-11-14-10-15(8-9-18(14)30-19)23-20(26)12-25-21(27)17-7-5-4-6-16(17)13(2)24-25/h4-11H,3,12H2,1-2H3,(H,23,26). The van der Waals surface area contributed by atoms with Gasteiger partial charge in [0.25, 0.3) is 5.56 Å². The van der Waals surface area contributed by atoms with Crippen molar-refractivity contribution in [2.75, 3.05) is 11.9 Å². The molecule has 152 valence electrons. The number of carbonyl (C=O) groups is 2. The molecule has 4 rings (SSSR count). The Morgan fingerprint density at radius 3 is 2.67 bits per heavy atom. The van der Waals surface area contributed by atoms with Crippen molar-refractivity contribution in [2.45, 2.75) is 20.4 Å². The van der Waals surface area contributed by atoms with Crippen LogP contribution in [-0.4, -0.2) is 28.3 Å². The molecular weight excluding hydrogens is 402 g/mol. The number of aryl methyl sites for hydroxylation is 1. The minimum absolute atomic E-state index is 0.194. The van der Waals surface area contributed by atoms with E-state index in [1.807, 2.05) is 25.1 Å². The predicted molar refractivity (Wildman–Crippen MR) is 117 cm³/mol. The van der Waals surface area contributed by atoms with Crippen molar-refractivity contribution in [3.05, 3.63) is 69.5 Å². The summed E-state index contributed by atoms with van der Waals surface area (Å²) >= 11 is 1.34. The molecule has 1 amide bonds. The van der Waals surface area contributed by atoms with Crippen LogP contribution in [0.3, 0.4) is 0 Å². The second kappa shape index (κ2) is 8.08. The minimum atomic E-state index is -0.362. The zero-order chi connectivity index (χ0) is 21.3. The molecule has 0 bridgehead atoms. The maximum absolute atomic E-state index is 12.6. The van der Waals surface area contributed by atoms with E-state index in [0.29, 0.717) is 28.3 Å². The molecule has 0 aliphatic carbocycles. The highest BCUT2D eigenvalue weighted by Gasteiger charge is 2.13. The van der Waals surface area contributed by atoms with Crippen LogP contribution in [0.5, 0.6) is 0 Å². The minimum Gasteiger partial charge on any atom is -0.462 e. The number of nitrogens with zero attached hydrogens (tertiary/aromatic N) is 2. The van der Waals surface area contributed by atoms with Gasteiger partial charge < -0.3 is 10.1 Å². The number of hydrogen-bond acceptors (Lipinski definition) is 6. The lowest BCUT2D eigenvalue weighted by atomic mass is 10.1. The van der Waals surface area contributed by atoms with Crippen LogP contribution < -0.4 is 10.9 Å². The number of carbonyl (C=O) groups excluding carboxylic acids is 2. The molecule has 8 heteroatoms. The van der Waals surface area contributed by atoms with Crippen molar-refractivity contribution in [3.8, 4) is 0 Å². The normalized spacial score (nSPS) is 11.0. The molecule has 1 N–H and O–H groups in total. The van der Waals surface area contributed by atoms with Gasteiger partial charge in [0.2, 0.25) is 5.91 Å². The number of amides is 1.